The summed E-state index contributed by atoms with van der Waals surface area (Å²) in [6.07, 6.45) is 4.74. The quantitative estimate of drug-likeness (QED) is 0.742. The number of carbonyl (C=O) groups excluding carboxylic acids is 2. The summed E-state index contributed by atoms with van der Waals surface area (Å²) in [7, 11) is 0. The average molecular weight is 413 g/mol. The molecule has 3 heterocycles. The van der Waals surface area contributed by atoms with Gasteiger partial charge < -0.3 is 9.88 Å². The summed E-state index contributed by atoms with van der Waals surface area (Å²) in [5.74, 6) is -0.189. The number of hydrogen-bond acceptors (Lipinski definition) is 4. The van der Waals surface area contributed by atoms with Crippen LogP contribution in [-0.4, -0.2) is 77.2 Å². The Morgan fingerprint density at radius 3 is 2.37 bits per heavy atom. The van der Waals surface area contributed by atoms with Crippen LogP contribution in [0.5, 0.6) is 0 Å². The molecule has 7 heteroatoms. The third-order valence-electron chi connectivity index (χ3n) is 6.00. The van der Waals surface area contributed by atoms with Crippen molar-refractivity contribution in [3.05, 3.63) is 59.2 Å². The van der Waals surface area contributed by atoms with Crippen molar-refractivity contribution < 1.29 is 14.0 Å². The Hall–Kier alpha value is -2.51. The molecule has 0 unspecified atom stereocenters. The van der Waals surface area contributed by atoms with Crippen molar-refractivity contribution in [3.8, 4) is 0 Å². The first-order valence-electron chi connectivity index (χ1n) is 10.8. The number of nitrogens with zero attached hydrogens (tertiary/aromatic N) is 3. The molecule has 2 aliphatic rings. The minimum atomic E-state index is -0.214. The highest BCUT2D eigenvalue weighted by molar-refractivity contribution is 6.01. The van der Waals surface area contributed by atoms with Gasteiger partial charge in [-0.25, -0.2) is 4.39 Å². The van der Waals surface area contributed by atoms with Crippen LogP contribution < -0.4 is 0 Å². The van der Waals surface area contributed by atoms with Gasteiger partial charge in [0.25, 0.3) is 5.91 Å². The molecule has 0 bridgehead atoms. The van der Waals surface area contributed by atoms with Crippen LogP contribution in [0.3, 0.4) is 0 Å². The van der Waals surface area contributed by atoms with Gasteiger partial charge in [0.2, 0.25) is 0 Å². The summed E-state index contributed by atoms with van der Waals surface area (Å²) in [4.78, 5) is 34.6. The number of hydrogen-bond donors (Lipinski definition) is 1. The Morgan fingerprint density at radius 2 is 1.60 bits per heavy atom. The molecule has 2 aliphatic heterocycles. The van der Waals surface area contributed by atoms with Gasteiger partial charge in [0.05, 0.1) is 6.54 Å². The predicted molar refractivity (Wildman–Crippen MR) is 113 cm³/mol. The molecule has 2 aromatic rings. The second-order valence-electron chi connectivity index (χ2n) is 8.26. The van der Waals surface area contributed by atoms with Gasteiger partial charge in [0.1, 0.15) is 11.5 Å². The van der Waals surface area contributed by atoms with E-state index >= 15 is 0 Å². The molecule has 30 heavy (non-hydrogen) atoms. The van der Waals surface area contributed by atoms with Gasteiger partial charge in [-0.05, 0) is 56.1 Å². The van der Waals surface area contributed by atoms with Gasteiger partial charge in [-0.15, -0.1) is 0 Å². The first kappa shape index (κ1) is 20.8. The predicted octanol–water partition coefficient (Wildman–Crippen LogP) is 2.78. The number of aromatic nitrogens is 1. The molecular formula is C23H29FN4O2. The molecule has 1 aromatic carbocycles. The van der Waals surface area contributed by atoms with Gasteiger partial charge in [0.15, 0.2) is 5.78 Å². The van der Waals surface area contributed by atoms with E-state index in [9.17, 15) is 14.0 Å². The lowest BCUT2D eigenvalue weighted by molar-refractivity contribution is 0.0787. The number of benzene rings is 1. The van der Waals surface area contributed by atoms with Gasteiger partial charge in [-0.1, -0.05) is 12.1 Å². The number of rotatable bonds is 6. The summed E-state index contributed by atoms with van der Waals surface area (Å²) in [5, 5.41) is 0. The highest BCUT2D eigenvalue weighted by Crippen LogP contribution is 2.15. The van der Waals surface area contributed by atoms with Crippen LogP contribution in [0, 0.1) is 5.82 Å². The SMILES string of the molecule is O=C(CN1CCCN(Cc2ccc(F)cc2)CC1)c1c[nH]c(C(=O)N2CCCC2)c1. The van der Waals surface area contributed by atoms with Crippen LogP contribution >= 0.6 is 0 Å². The zero-order chi connectivity index (χ0) is 20.9. The van der Waals surface area contributed by atoms with Crippen molar-refractivity contribution in [2.24, 2.45) is 0 Å². The standard InChI is InChI=1S/C23H29FN4O2/c24-20-6-4-18(5-7-20)16-26-8-3-9-27(13-12-26)17-22(29)19-14-21(25-15-19)23(30)28-10-1-2-11-28/h4-7,14-15,25H,1-3,8-13,16-17H2. The molecule has 0 atom stereocenters. The fraction of sp³-hybridized carbons (Fsp3) is 0.478. The number of likely N-dealkylation sites (tertiary alicyclic amines) is 1. The number of ketones is 1. The smallest absolute Gasteiger partial charge is 0.270 e. The first-order valence-corrected chi connectivity index (χ1v) is 10.8. The summed E-state index contributed by atoms with van der Waals surface area (Å²) >= 11 is 0. The van der Waals surface area contributed by atoms with Crippen LogP contribution in [0.15, 0.2) is 36.5 Å². The summed E-state index contributed by atoms with van der Waals surface area (Å²) in [5.41, 5.74) is 2.18. The zero-order valence-electron chi connectivity index (χ0n) is 17.3. The molecule has 0 saturated carbocycles. The highest BCUT2D eigenvalue weighted by Gasteiger charge is 2.23. The Bertz CT molecular complexity index is 874. The maximum atomic E-state index is 13.1. The first-order chi connectivity index (χ1) is 14.6. The van der Waals surface area contributed by atoms with E-state index in [0.29, 0.717) is 17.8 Å². The molecule has 1 N–H and O–H groups in total. The normalized spacial score (nSPS) is 18.5. The fourth-order valence-corrected chi connectivity index (χ4v) is 4.25. The lowest BCUT2D eigenvalue weighted by Gasteiger charge is -2.21. The van der Waals surface area contributed by atoms with Crippen molar-refractivity contribution in [3.63, 3.8) is 0 Å². The van der Waals surface area contributed by atoms with Crippen LogP contribution in [0.25, 0.3) is 0 Å². The van der Waals surface area contributed by atoms with Crippen molar-refractivity contribution in [2.75, 3.05) is 45.8 Å². The van der Waals surface area contributed by atoms with E-state index in [-0.39, 0.29) is 17.5 Å². The van der Waals surface area contributed by atoms with E-state index in [1.165, 1.54) is 12.1 Å². The minimum absolute atomic E-state index is 0.0160. The third kappa shape index (κ3) is 5.15. The molecule has 0 radical (unpaired) electrons. The van der Waals surface area contributed by atoms with E-state index in [1.54, 1.807) is 12.3 Å². The van der Waals surface area contributed by atoms with Crippen molar-refractivity contribution >= 4 is 11.7 Å². The molecule has 1 amide bonds. The number of aromatic amines is 1. The Morgan fingerprint density at radius 1 is 0.900 bits per heavy atom. The number of Topliss-reactive ketones (excluding diaryl/α,β-unsaturated/α-hetero) is 1. The van der Waals surface area contributed by atoms with E-state index in [2.05, 4.69) is 14.8 Å². The topological polar surface area (TPSA) is 59.7 Å². The van der Waals surface area contributed by atoms with Gasteiger partial charge in [0, 0.05) is 44.5 Å². The van der Waals surface area contributed by atoms with Crippen molar-refractivity contribution in [1.82, 2.24) is 19.7 Å². The van der Waals surface area contributed by atoms with Gasteiger partial charge >= 0.3 is 0 Å². The second-order valence-corrected chi connectivity index (χ2v) is 8.26. The summed E-state index contributed by atoms with van der Waals surface area (Å²) in [6, 6.07) is 8.35. The maximum absolute atomic E-state index is 13.1. The molecule has 0 spiro atoms. The molecule has 0 aliphatic carbocycles. The largest absolute Gasteiger partial charge is 0.356 e. The van der Waals surface area contributed by atoms with Gasteiger partial charge in [-0.3, -0.25) is 19.4 Å². The number of amides is 1. The number of nitrogens with one attached hydrogen (secondary N) is 1. The molecule has 2 saturated heterocycles. The zero-order valence-corrected chi connectivity index (χ0v) is 17.3. The van der Waals surface area contributed by atoms with Crippen LogP contribution in [0.1, 0.15) is 45.7 Å². The monoisotopic (exact) mass is 412 g/mol. The summed E-state index contributed by atoms with van der Waals surface area (Å²) in [6.45, 7) is 6.26. The number of H-pyrrole nitrogens is 1. The molecule has 6 nitrogen and oxygen atoms in total. The van der Waals surface area contributed by atoms with E-state index in [4.69, 9.17) is 0 Å². The molecule has 160 valence electrons. The Balaban J connectivity index is 1.28. The lowest BCUT2D eigenvalue weighted by Crippen LogP contribution is -2.34. The molecule has 2 fully saturated rings. The van der Waals surface area contributed by atoms with Crippen LogP contribution in [-0.2, 0) is 6.54 Å². The van der Waals surface area contributed by atoms with Crippen molar-refractivity contribution in [1.29, 1.82) is 0 Å². The number of halogens is 1. The fourth-order valence-electron chi connectivity index (χ4n) is 4.25. The van der Waals surface area contributed by atoms with Crippen LogP contribution in [0.4, 0.5) is 4.39 Å². The molecule has 1 aromatic heterocycles. The number of carbonyl (C=O) groups is 2. The second kappa shape index (κ2) is 9.53. The van der Waals surface area contributed by atoms with Crippen LogP contribution in [0.2, 0.25) is 0 Å². The van der Waals surface area contributed by atoms with E-state index in [0.717, 1.165) is 70.6 Å². The lowest BCUT2D eigenvalue weighted by atomic mass is 10.2. The minimum Gasteiger partial charge on any atom is -0.356 e. The Labute approximate surface area is 176 Å². The highest BCUT2D eigenvalue weighted by atomic mass is 19.1. The van der Waals surface area contributed by atoms with Crippen molar-refractivity contribution in [2.45, 2.75) is 25.8 Å². The Kier molecular flexibility index (Phi) is 6.59. The molecular weight excluding hydrogens is 383 g/mol. The van der Waals surface area contributed by atoms with E-state index in [1.807, 2.05) is 17.0 Å². The average Bonchev–Trinajstić information content (AvgIpc) is 3.41. The molecule has 4 rings (SSSR count). The van der Waals surface area contributed by atoms with E-state index < -0.39 is 0 Å². The maximum Gasteiger partial charge on any atom is 0.270 e. The van der Waals surface area contributed by atoms with Gasteiger partial charge in [-0.2, -0.15) is 0 Å². The summed E-state index contributed by atoms with van der Waals surface area (Å²) < 4.78 is 13.1. The third-order valence-corrected chi connectivity index (χ3v) is 6.00.